The number of ether oxygens (including phenoxy) is 1. The number of esters is 1. The molecule has 9 unspecified atom stereocenters. The highest BCUT2D eigenvalue weighted by Crippen LogP contribution is 2.75. The van der Waals surface area contributed by atoms with Crippen LogP contribution in [0, 0.1) is 50.2 Å². The first-order chi connectivity index (χ1) is 17.2. The highest BCUT2D eigenvalue weighted by atomic mass is 16.5. The van der Waals surface area contributed by atoms with Gasteiger partial charge in [0.2, 0.25) is 0 Å². The number of carbonyl (C=O) groups excluding carboxylic acids is 1. The molecular formula is C31H50O6. The van der Waals surface area contributed by atoms with Gasteiger partial charge < -0.3 is 25.2 Å². The fourth-order valence-corrected chi connectivity index (χ4v) is 11.0. The van der Waals surface area contributed by atoms with Crippen molar-refractivity contribution < 1.29 is 30.0 Å². The van der Waals surface area contributed by atoms with Crippen LogP contribution >= 0.6 is 0 Å². The molecule has 0 spiro atoms. The molecule has 6 heteroatoms. The molecule has 6 nitrogen and oxygen atoms in total. The van der Waals surface area contributed by atoms with Gasteiger partial charge in [0.1, 0.15) is 0 Å². The first-order valence-electron chi connectivity index (χ1n) is 14.6. The molecule has 0 aromatic rings. The molecule has 0 heterocycles. The molecule has 4 fully saturated rings. The monoisotopic (exact) mass is 518 g/mol. The van der Waals surface area contributed by atoms with Crippen LogP contribution in [0.25, 0.3) is 0 Å². The van der Waals surface area contributed by atoms with Crippen LogP contribution in [0.1, 0.15) is 92.4 Å². The van der Waals surface area contributed by atoms with Crippen LogP contribution in [0.3, 0.4) is 0 Å². The van der Waals surface area contributed by atoms with Gasteiger partial charge in [-0.25, -0.2) is 0 Å². The second-order valence-corrected chi connectivity index (χ2v) is 15.1. The maximum Gasteiger partial charge on any atom is 0.312 e. The standard InChI is InChI=1S/C31H50O6/c1-26(2)11-13-30(25(36)37-6)14-12-28(4)19(20(30)15-26)7-8-22-27(3)16-21(34)24(35)31(17-32,18-33)23(27)9-10-29(22,28)5/h7,20-24,32-35H,8-18H2,1-6H3. The van der Waals surface area contributed by atoms with Gasteiger partial charge in [0, 0.05) is 5.41 Å². The molecule has 9 atom stereocenters. The van der Waals surface area contributed by atoms with Crippen molar-refractivity contribution in [2.75, 3.05) is 20.3 Å². The third kappa shape index (κ3) is 3.34. The van der Waals surface area contributed by atoms with E-state index in [1.807, 2.05) is 0 Å². The lowest BCUT2D eigenvalue weighted by molar-refractivity contribution is -0.256. The summed E-state index contributed by atoms with van der Waals surface area (Å²) in [6, 6.07) is 0. The number of hydrogen-bond donors (Lipinski definition) is 4. The summed E-state index contributed by atoms with van der Waals surface area (Å²) in [6.07, 6.45) is 8.11. The van der Waals surface area contributed by atoms with E-state index in [0.29, 0.717) is 6.42 Å². The zero-order valence-electron chi connectivity index (χ0n) is 23.8. The van der Waals surface area contributed by atoms with Crippen molar-refractivity contribution in [3.8, 4) is 0 Å². The van der Waals surface area contributed by atoms with Crippen molar-refractivity contribution in [3.05, 3.63) is 11.6 Å². The molecule has 37 heavy (non-hydrogen) atoms. The van der Waals surface area contributed by atoms with Gasteiger partial charge in [0.25, 0.3) is 0 Å². The van der Waals surface area contributed by atoms with Crippen LogP contribution in [-0.4, -0.2) is 58.9 Å². The summed E-state index contributed by atoms with van der Waals surface area (Å²) >= 11 is 0. The van der Waals surface area contributed by atoms with Crippen LogP contribution < -0.4 is 0 Å². The number of fused-ring (bicyclic) bond motifs is 7. The Balaban J connectivity index is 1.61. The number of hydrogen-bond acceptors (Lipinski definition) is 6. The Labute approximate surface area is 222 Å². The van der Waals surface area contributed by atoms with E-state index in [4.69, 9.17) is 4.74 Å². The molecule has 0 saturated heterocycles. The first kappa shape index (κ1) is 27.6. The summed E-state index contributed by atoms with van der Waals surface area (Å²) in [6.45, 7) is 11.1. The maximum absolute atomic E-state index is 13.4. The molecule has 5 aliphatic rings. The van der Waals surface area contributed by atoms with E-state index >= 15 is 0 Å². The third-order valence-corrected chi connectivity index (χ3v) is 13.4. The number of aliphatic hydroxyl groups is 4. The van der Waals surface area contributed by atoms with Gasteiger partial charge in [-0.2, -0.15) is 0 Å². The molecule has 5 aliphatic carbocycles. The molecule has 4 N–H and O–H groups in total. The predicted molar refractivity (Wildman–Crippen MR) is 141 cm³/mol. The lowest BCUT2D eigenvalue weighted by Gasteiger charge is -2.71. The number of methoxy groups -OCH3 is 1. The molecule has 0 amide bonds. The SMILES string of the molecule is COC(=O)C12CCC(C)(C)CC1C1=CCC3C4(C)CC(O)C(O)C(CO)(CO)C4CCC3(C)C1(C)CC2. The molecular weight excluding hydrogens is 468 g/mol. The molecule has 0 bridgehead atoms. The van der Waals surface area contributed by atoms with Crippen molar-refractivity contribution in [1.29, 1.82) is 0 Å². The quantitative estimate of drug-likeness (QED) is 0.329. The van der Waals surface area contributed by atoms with Crippen molar-refractivity contribution in [2.45, 2.75) is 105 Å². The molecule has 0 aromatic heterocycles. The van der Waals surface area contributed by atoms with Gasteiger partial charge >= 0.3 is 5.97 Å². The van der Waals surface area contributed by atoms with Crippen molar-refractivity contribution in [3.63, 3.8) is 0 Å². The van der Waals surface area contributed by atoms with E-state index in [9.17, 15) is 25.2 Å². The van der Waals surface area contributed by atoms with E-state index in [0.717, 1.165) is 51.4 Å². The third-order valence-electron chi connectivity index (χ3n) is 13.4. The van der Waals surface area contributed by atoms with Gasteiger partial charge in [-0.1, -0.05) is 46.3 Å². The van der Waals surface area contributed by atoms with E-state index in [1.165, 1.54) is 12.7 Å². The molecule has 5 rings (SSSR count). The van der Waals surface area contributed by atoms with Crippen LogP contribution in [0.5, 0.6) is 0 Å². The highest BCUT2D eigenvalue weighted by Gasteiger charge is 2.71. The summed E-state index contributed by atoms with van der Waals surface area (Å²) in [4.78, 5) is 13.4. The number of allylic oxidation sites excluding steroid dienone is 2. The summed E-state index contributed by atoms with van der Waals surface area (Å²) in [5, 5.41) is 43.0. The lowest BCUT2D eigenvalue weighted by atomic mass is 9.33. The molecule has 0 aromatic carbocycles. The molecule has 4 saturated carbocycles. The molecule has 0 radical (unpaired) electrons. The van der Waals surface area contributed by atoms with Crippen molar-refractivity contribution in [1.82, 2.24) is 0 Å². The Morgan fingerprint density at radius 1 is 0.946 bits per heavy atom. The Hall–Kier alpha value is -0.950. The van der Waals surface area contributed by atoms with Gasteiger partial charge in [-0.05, 0) is 97.2 Å². The minimum atomic E-state index is -1.13. The van der Waals surface area contributed by atoms with Crippen LogP contribution in [0.15, 0.2) is 11.6 Å². The minimum Gasteiger partial charge on any atom is -0.469 e. The van der Waals surface area contributed by atoms with E-state index in [1.54, 1.807) is 0 Å². The topological polar surface area (TPSA) is 107 Å². The number of carbonyl (C=O) groups is 1. The normalized spacial score (nSPS) is 50.0. The van der Waals surface area contributed by atoms with Gasteiger partial charge in [-0.15, -0.1) is 0 Å². The van der Waals surface area contributed by atoms with Gasteiger partial charge in [-0.3, -0.25) is 4.79 Å². The Morgan fingerprint density at radius 2 is 1.59 bits per heavy atom. The van der Waals surface area contributed by atoms with Gasteiger partial charge in [0.05, 0.1) is 37.9 Å². The fraction of sp³-hybridized carbons (Fsp3) is 0.903. The highest BCUT2D eigenvalue weighted by molar-refractivity contribution is 5.78. The summed E-state index contributed by atoms with van der Waals surface area (Å²) in [5.74, 6) is 0.309. The van der Waals surface area contributed by atoms with E-state index in [-0.39, 0.29) is 58.6 Å². The van der Waals surface area contributed by atoms with Gasteiger partial charge in [0.15, 0.2) is 0 Å². The second kappa shape index (κ2) is 8.52. The Kier molecular flexibility index (Phi) is 6.36. The summed E-state index contributed by atoms with van der Waals surface area (Å²) in [7, 11) is 1.54. The van der Waals surface area contributed by atoms with E-state index < -0.39 is 23.0 Å². The second-order valence-electron chi connectivity index (χ2n) is 15.1. The zero-order valence-corrected chi connectivity index (χ0v) is 23.8. The number of rotatable bonds is 3. The number of aliphatic hydroxyl groups excluding tert-OH is 4. The fourth-order valence-electron chi connectivity index (χ4n) is 11.0. The Bertz CT molecular complexity index is 969. The largest absolute Gasteiger partial charge is 0.469 e. The predicted octanol–water partition coefficient (Wildman–Crippen LogP) is 4.24. The lowest BCUT2D eigenvalue weighted by Crippen LogP contribution is -2.69. The maximum atomic E-state index is 13.4. The van der Waals surface area contributed by atoms with E-state index in [2.05, 4.69) is 40.7 Å². The van der Waals surface area contributed by atoms with Crippen LogP contribution in [-0.2, 0) is 9.53 Å². The molecule has 0 aliphatic heterocycles. The summed E-state index contributed by atoms with van der Waals surface area (Å²) in [5.41, 5.74) is -0.373. The van der Waals surface area contributed by atoms with Crippen molar-refractivity contribution in [2.24, 2.45) is 50.2 Å². The average molecular weight is 519 g/mol. The van der Waals surface area contributed by atoms with Crippen LogP contribution in [0.2, 0.25) is 0 Å². The first-order valence-corrected chi connectivity index (χ1v) is 14.6. The van der Waals surface area contributed by atoms with Crippen molar-refractivity contribution >= 4 is 5.97 Å². The minimum absolute atomic E-state index is 0.0426. The summed E-state index contributed by atoms with van der Waals surface area (Å²) < 4.78 is 5.45. The average Bonchev–Trinajstić information content (AvgIpc) is 2.85. The zero-order chi connectivity index (χ0) is 27.2. The smallest absolute Gasteiger partial charge is 0.312 e. The van der Waals surface area contributed by atoms with Crippen LogP contribution in [0.4, 0.5) is 0 Å². The Morgan fingerprint density at radius 3 is 2.22 bits per heavy atom. The molecule has 210 valence electrons.